The minimum Gasteiger partial charge on any atom is -0.457 e. The Balaban J connectivity index is 1.95. The van der Waals surface area contributed by atoms with Crippen molar-refractivity contribution in [2.75, 3.05) is 13.1 Å². The second-order valence-electron chi connectivity index (χ2n) is 3.39. The van der Waals surface area contributed by atoms with Crippen LogP contribution in [0.25, 0.3) is 0 Å². The molecule has 0 radical (unpaired) electrons. The van der Waals surface area contributed by atoms with Crippen LogP contribution in [0, 0.1) is 0 Å². The lowest BCUT2D eigenvalue weighted by molar-refractivity contribution is 0.0344. The molecule has 1 fully saturated rings. The molecule has 1 aromatic carbocycles. The first-order valence-corrected chi connectivity index (χ1v) is 4.83. The molecule has 3 heteroatoms. The highest BCUT2D eigenvalue weighted by atomic mass is 16.5. The second kappa shape index (κ2) is 4.24. The largest absolute Gasteiger partial charge is 0.457 e. The van der Waals surface area contributed by atoms with Crippen molar-refractivity contribution >= 4 is 5.97 Å². The molecule has 14 heavy (non-hydrogen) atoms. The van der Waals surface area contributed by atoms with Gasteiger partial charge in [-0.05, 0) is 25.1 Å². The highest BCUT2D eigenvalue weighted by Gasteiger charge is 2.19. The van der Waals surface area contributed by atoms with Gasteiger partial charge >= 0.3 is 5.97 Å². The predicted molar refractivity (Wildman–Crippen MR) is 53.1 cm³/mol. The molecule has 0 spiro atoms. The summed E-state index contributed by atoms with van der Waals surface area (Å²) in [5, 5.41) is 3.15. The molecular weight excluding hydrogens is 178 g/mol. The number of carbonyl (C=O) groups excluding carboxylic acids is 1. The zero-order chi connectivity index (χ0) is 9.80. The van der Waals surface area contributed by atoms with Crippen LogP contribution in [0.5, 0.6) is 0 Å². The van der Waals surface area contributed by atoms with E-state index >= 15 is 0 Å². The molecule has 1 aromatic rings. The van der Waals surface area contributed by atoms with Crippen LogP contribution < -0.4 is 5.32 Å². The highest BCUT2D eigenvalue weighted by Crippen LogP contribution is 2.08. The van der Waals surface area contributed by atoms with Gasteiger partial charge in [0.25, 0.3) is 0 Å². The Hall–Kier alpha value is -1.35. The van der Waals surface area contributed by atoms with Gasteiger partial charge in [-0.25, -0.2) is 4.79 Å². The maximum Gasteiger partial charge on any atom is 0.338 e. The average molecular weight is 191 g/mol. The van der Waals surface area contributed by atoms with Gasteiger partial charge in [-0.1, -0.05) is 18.2 Å². The molecule has 1 heterocycles. The van der Waals surface area contributed by atoms with E-state index in [1.165, 1.54) is 0 Å². The fourth-order valence-electron chi connectivity index (χ4n) is 1.52. The lowest BCUT2D eigenvalue weighted by Crippen LogP contribution is -2.20. The van der Waals surface area contributed by atoms with Gasteiger partial charge in [0.1, 0.15) is 6.10 Å². The van der Waals surface area contributed by atoms with E-state index in [1.54, 1.807) is 12.1 Å². The summed E-state index contributed by atoms with van der Waals surface area (Å²) in [7, 11) is 0. The third-order valence-corrected chi connectivity index (χ3v) is 2.30. The number of carbonyl (C=O) groups is 1. The summed E-state index contributed by atoms with van der Waals surface area (Å²) in [6.45, 7) is 1.71. The minimum absolute atomic E-state index is 0.0442. The van der Waals surface area contributed by atoms with Crippen LogP contribution in [0.3, 0.4) is 0 Å². The van der Waals surface area contributed by atoms with Crippen molar-refractivity contribution < 1.29 is 9.53 Å². The van der Waals surface area contributed by atoms with Crippen LogP contribution >= 0.6 is 0 Å². The van der Waals surface area contributed by atoms with Crippen molar-refractivity contribution in [3.8, 4) is 0 Å². The molecule has 0 amide bonds. The Bertz CT molecular complexity index is 304. The van der Waals surface area contributed by atoms with E-state index in [0.29, 0.717) is 5.56 Å². The van der Waals surface area contributed by atoms with Crippen LogP contribution in [0.4, 0.5) is 0 Å². The SMILES string of the molecule is O=C(OC1CCNC1)c1ccccc1. The van der Waals surface area contributed by atoms with Crippen LogP contribution in [-0.2, 0) is 4.74 Å². The summed E-state index contributed by atoms with van der Waals surface area (Å²) >= 11 is 0. The third-order valence-electron chi connectivity index (χ3n) is 2.30. The van der Waals surface area contributed by atoms with E-state index in [9.17, 15) is 4.79 Å². The number of nitrogens with one attached hydrogen (secondary N) is 1. The molecule has 0 aromatic heterocycles. The molecule has 1 aliphatic heterocycles. The van der Waals surface area contributed by atoms with Crippen molar-refractivity contribution in [1.29, 1.82) is 0 Å². The van der Waals surface area contributed by atoms with E-state index in [0.717, 1.165) is 19.5 Å². The van der Waals surface area contributed by atoms with Crippen molar-refractivity contribution in [2.24, 2.45) is 0 Å². The molecule has 0 aliphatic carbocycles. The number of hydrogen-bond donors (Lipinski definition) is 1. The summed E-state index contributed by atoms with van der Waals surface area (Å²) in [6.07, 6.45) is 0.959. The fourth-order valence-corrected chi connectivity index (χ4v) is 1.52. The first kappa shape index (κ1) is 9.21. The summed E-state index contributed by atoms with van der Waals surface area (Å²) in [5.74, 6) is -0.223. The smallest absolute Gasteiger partial charge is 0.338 e. The minimum atomic E-state index is -0.223. The van der Waals surface area contributed by atoms with E-state index in [2.05, 4.69) is 5.32 Å². The summed E-state index contributed by atoms with van der Waals surface area (Å²) in [4.78, 5) is 11.6. The monoisotopic (exact) mass is 191 g/mol. The van der Waals surface area contributed by atoms with Gasteiger partial charge in [0.05, 0.1) is 5.56 Å². The molecule has 1 aliphatic rings. The number of benzene rings is 1. The Morgan fingerprint density at radius 1 is 1.36 bits per heavy atom. The van der Waals surface area contributed by atoms with E-state index in [-0.39, 0.29) is 12.1 Å². The Morgan fingerprint density at radius 3 is 2.79 bits per heavy atom. The molecule has 74 valence electrons. The van der Waals surface area contributed by atoms with Crippen LogP contribution in [0.1, 0.15) is 16.8 Å². The van der Waals surface area contributed by atoms with Gasteiger partial charge in [0.2, 0.25) is 0 Å². The van der Waals surface area contributed by atoms with Crippen molar-refractivity contribution in [1.82, 2.24) is 5.32 Å². The Kier molecular flexibility index (Phi) is 2.79. The molecule has 3 nitrogen and oxygen atoms in total. The summed E-state index contributed by atoms with van der Waals surface area (Å²) < 4.78 is 5.30. The van der Waals surface area contributed by atoms with Gasteiger partial charge in [0.15, 0.2) is 0 Å². The molecular formula is C11H13NO2. The summed E-state index contributed by atoms with van der Waals surface area (Å²) in [5.41, 5.74) is 0.624. The number of rotatable bonds is 2. The topological polar surface area (TPSA) is 38.3 Å². The normalized spacial score (nSPS) is 20.7. The standard InChI is InChI=1S/C11H13NO2/c13-11(9-4-2-1-3-5-9)14-10-6-7-12-8-10/h1-5,10,12H,6-8H2. The van der Waals surface area contributed by atoms with Gasteiger partial charge < -0.3 is 10.1 Å². The zero-order valence-corrected chi connectivity index (χ0v) is 7.90. The first-order chi connectivity index (χ1) is 6.86. The lowest BCUT2D eigenvalue weighted by atomic mass is 10.2. The zero-order valence-electron chi connectivity index (χ0n) is 7.90. The maximum atomic E-state index is 11.6. The van der Waals surface area contributed by atoms with E-state index < -0.39 is 0 Å². The Morgan fingerprint density at radius 2 is 2.14 bits per heavy atom. The second-order valence-corrected chi connectivity index (χ2v) is 3.39. The Labute approximate surface area is 83.1 Å². The quantitative estimate of drug-likeness (QED) is 0.714. The fraction of sp³-hybridized carbons (Fsp3) is 0.364. The number of esters is 1. The number of hydrogen-bond acceptors (Lipinski definition) is 3. The predicted octanol–water partition coefficient (Wildman–Crippen LogP) is 1.21. The number of ether oxygens (including phenoxy) is 1. The van der Waals surface area contributed by atoms with Crippen LogP contribution in [-0.4, -0.2) is 25.2 Å². The van der Waals surface area contributed by atoms with Crippen molar-refractivity contribution in [2.45, 2.75) is 12.5 Å². The van der Waals surface area contributed by atoms with Crippen molar-refractivity contribution in [3.05, 3.63) is 35.9 Å². The molecule has 1 atom stereocenters. The van der Waals surface area contributed by atoms with E-state index in [1.807, 2.05) is 18.2 Å². The molecule has 1 N–H and O–H groups in total. The van der Waals surface area contributed by atoms with Crippen molar-refractivity contribution in [3.63, 3.8) is 0 Å². The van der Waals surface area contributed by atoms with Gasteiger partial charge in [-0.3, -0.25) is 0 Å². The molecule has 1 unspecified atom stereocenters. The maximum absolute atomic E-state index is 11.6. The average Bonchev–Trinajstić information content (AvgIpc) is 2.72. The van der Waals surface area contributed by atoms with Gasteiger partial charge in [0, 0.05) is 6.54 Å². The first-order valence-electron chi connectivity index (χ1n) is 4.83. The van der Waals surface area contributed by atoms with Gasteiger partial charge in [-0.15, -0.1) is 0 Å². The molecule has 0 bridgehead atoms. The van der Waals surface area contributed by atoms with Gasteiger partial charge in [-0.2, -0.15) is 0 Å². The van der Waals surface area contributed by atoms with Crippen LogP contribution in [0.15, 0.2) is 30.3 Å². The third kappa shape index (κ3) is 2.12. The van der Waals surface area contributed by atoms with E-state index in [4.69, 9.17) is 4.74 Å². The molecule has 0 saturated carbocycles. The van der Waals surface area contributed by atoms with Crippen LogP contribution in [0.2, 0.25) is 0 Å². The molecule has 1 saturated heterocycles. The highest BCUT2D eigenvalue weighted by molar-refractivity contribution is 5.89. The molecule has 2 rings (SSSR count). The lowest BCUT2D eigenvalue weighted by Gasteiger charge is -2.10. The summed E-state index contributed by atoms with van der Waals surface area (Å²) in [6, 6.07) is 9.09.